The summed E-state index contributed by atoms with van der Waals surface area (Å²) in [6.45, 7) is 1.56. The standard InChI is InChI=1S/C20H22N8O2/c21-12-2-1-7-28(11-12)17-5-6-23-9-16(17)27-20(30)19-13(22)3-4-14(26-19)15-8-24-10-18(29)25-15/h3-6,8-10,12H,1-2,7,11,21-22H2,(H,25,29)(H,27,30). The van der Waals surface area contributed by atoms with E-state index in [1.807, 2.05) is 6.07 Å². The van der Waals surface area contributed by atoms with Gasteiger partial charge in [-0.1, -0.05) is 0 Å². The van der Waals surface area contributed by atoms with Crippen LogP contribution < -0.4 is 27.2 Å². The van der Waals surface area contributed by atoms with Crippen LogP contribution in [0.25, 0.3) is 11.4 Å². The van der Waals surface area contributed by atoms with Crippen molar-refractivity contribution in [3.63, 3.8) is 0 Å². The van der Waals surface area contributed by atoms with Crippen LogP contribution in [-0.4, -0.2) is 45.0 Å². The number of carbonyl (C=O) groups is 1. The van der Waals surface area contributed by atoms with Crippen molar-refractivity contribution in [2.45, 2.75) is 18.9 Å². The molecule has 10 heteroatoms. The number of H-pyrrole nitrogens is 1. The highest BCUT2D eigenvalue weighted by molar-refractivity contribution is 6.07. The molecule has 30 heavy (non-hydrogen) atoms. The molecule has 1 unspecified atom stereocenters. The zero-order chi connectivity index (χ0) is 21.1. The van der Waals surface area contributed by atoms with Gasteiger partial charge in [-0.15, -0.1) is 0 Å². The fraction of sp³-hybridized carbons (Fsp3) is 0.250. The molecule has 154 valence electrons. The molecule has 0 saturated carbocycles. The smallest absolute Gasteiger partial charge is 0.276 e. The molecule has 10 nitrogen and oxygen atoms in total. The van der Waals surface area contributed by atoms with Gasteiger partial charge in [0.1, 0.15) is 0 Å². The predicted molar refractivity (Wildman–Crippen MR) is 114 cm³/mol. The SMILES string of the molecule is Nc1ccc(-c2cncc(=O)[nH]2)nc1C(=O)Nc1cnccc1N1CCCC(N)C1. The second kappa shape index (κ2) is 8.29. The first kappa shape index (κ1) is 19.5. The van der Waals surface area contributed by atoms with Crippen molar-refractivity contribution in [3.05, 3.63) is 59.0 Å². The zero-order valence-corrected chi connectivity index (χ0v) is 16.2. The number of carbonyl (C=O) groups excluding carboxylic acids is 1. The molecular formula is C20H22N8O2. The van der Waals surface area contributed by atoms with Crippen LogP contribution in [0.1, 0.15) is 23.3 Å². The minimum atomic E-state index is -0.476. The molecule has 0 bridgehead atoms. The summed E-state index contributed by atoms with van der Waals surface area (Å²) in [6, 6.07) is 5.12. The van der Waals surface area contributed by atoms with Crippen molar-refractivity contribution in [2.75, 3.05) is 29.0 Å². The van der Waals surface area contributed by atoms with Crippen molar-refractivity contribution in [1.82, 2.24) is 19.9 Å². The number of hydrogen-bond acceptors (Lipinski definition) is 8. The minimum absolute atomic E-state index is 0.0438. The molecule has 1 saturated heterocycles. The number of anilines is 3. The lowest BCUT2D eigenvalue weighted by molar-refractivity contribution is 0.102. The summed E-state index contributed by atoms with van der Waals surface area (Å²) in [5.41, 5.74) is 14.2. The van der Waals surface area contributed by atoms with Gasteiger partial charge < -0.3 is 26.7 Å². The quantitative estimate of drug-likeness (QED) is 0.500. The van der Waals surface area contributed by atoms with Crippen LogP contribution in [0.5, 0.6) is 0 Å². The molecule has 0 radical (unpaired) electrons. The molecule has 1 aliphatic rings. The molecule has 0 aliphatic carbocycles. The van der Waals surface area contributed by atoms with E-state index in [0.717, 1.165) is 31.3 Å². The van der Waals surface area contributed by atoms with Gasteiger partial charge in [-0.05, 0) is 31.0 Å². The third-order valence-corrected chi connectivity index (χ3v) is 4.92. The van der Waals surface area contributed by atoms with Gasteiger partial charge in [0.2, 0.25) is 0 Å². The van der Waals surface area contributed by atoms with Gasteiger partial charge in [-0.25, -0.2) is 4.98 Å². The number of aromatic amines is 1. The van der Waals surface area contributed by atoms with Gasteiger partial charge in [-0.2, -0.15) is 0 Å². The highest BCUT2D eigenvalue weighted by Crippen LogP contribution is 2.28. The van der Waals surface area contributed by atoms with Crippen LogP contribution in [-0.2, 0) is 0 Å². The van der Waals surface area contributed by atoms with Crippen LogP contribution in [0, 0.1) is 0 Å². The van der Waals surface area contributed by atoms with Gasteiger partial charge in [0.15, 0.2) is 5.69 Å². The summed E-state index contributed by atoms with van der Waals surface area (Å²) < 4.78 is 0. The number of nitrogens with one attached hydrogen (secondary N) is 2. The fourth-order valence-electron chi connectivity index (χ4n) is 3.48. The molecule has 3 aromatic rings. The third-order valence-electron chi connectivity index (χ3n) is 4.92. The number of aromatic nitrogens is 4. The molecular weight excluding hydrogens is 384 g/mol. The second-order valence-electron chi connectivity index (χ2n) is 7.14. The van der Waals surface area contributed by atoms with Gasteiger partial charge in [0.05, 0.1) is 47.0 Å². The van der Waals surface area contributed by atoms with Crippen molar-refractivity contribution in [3.8, 4) is 11.4 Å². The first-order valence-corrected chi connectivity index (χ1v) is 9.58. The van der Waals surface area contributed by atoms with Crippen LogP contribution in [0.3, 0.4) is 0 Å². The van der Waals surface area contributed by atoms with E-state index in [-0.39, 0.29) is 23.0 Å². The number of pyridine rings is 2. The van der Waals surface area contributed by atoms with Gasteiger partial charge in [-0.3, -0.25) is 19.6 Å². The summed E-state index contributed by atoms with van der Waals surface area (Å²) in [5, 5.41) is 2.86. The zero-order valence-electron chi connectivity index (χ0n) is 16.2. The van der Waals surface area contributed by atoms with E-state index in [9.17, 15) is 9.59 Å². The van der Waals surface area contributed by atoms with E-state index >= 15 is 0 Å². The lowest BCUT2D eigenvalue weighted by atomic mass is 10.1. The van der Waals surface area contributed by atoms with E-state index in [1.165, 1.54) is 6.20 Å². The maximum absolute atomic E-state index is 13.0. The summed E-state index contributed by atoms with van der Waals surface area (Å²) in [5.74, 6) is -0.476. The Morgan fingerprint density at radius 2 is 2.07 bits per heavy atom. The summed E-state index contributed by atoms with van der Waals surface area (Å²) in [6.07, 6.45) is 7.85. The Labute approximate surface area is 172 Å². The number of hydrogen-bond donors (Lipinski definition) is 4. The van der Waals surface area contributed by atoms with E-state index in [2.05, 4.69) is 30.2 Å². The van der Waals surface area contributed by atoms with Gasteiger partial charge in [0.25, 0.3) is 11.5 Å². The number of piperidine rings is 1. The highest BCUT2D eigenvalue weighted by Gasteiger charge is 2.21. The fourth-order valence-corrected chi connectivity index (χ4v) is 3.48. The predicted octanol–water partition coefficient (Wildman–Crippen LogP) is 0.989. The van der Waals surface area contributed by atoms with E-state index in [1.54, 1.807) is 24.5 Å². The summed E-state index contributed by atoms with van der Waals surface area (Å²) in [4.78, 5) is 41.6. The molecule has 4 rings (SSSR count). The Morgan fingerprint density at radius 3 is 2.87 bits per heavy atom. The van der Waals surface area contributed by atoms with Crippen LogP contribution in [0.4, 0.5) is 17.1 Å². The molecule has 6 N–H and O–H groups in total. The average molecular weight is 406 g/mol. The van der Waals surface area contributed by atoms with E-state index < -0.39 is 5.91 Å². The number of rotatable bonds is 4. The molecule has 1 amide bonds. The van der Waals surface area contributed by atoms with E-state index in [0.29, 0.717) is 23.6 Å². The van der Waals surface area contributed by atoms with E-state index in [4.69, 9.17) is 11.5 Å². The van der Waals surface area contributed by atoms with Crippen molar-refractivity contribution >= 4 is 23.0 Å². The van der Waals surface area contributed by atoms with Crippen LogP contribution in [0.15, 0.2) is 47.8 Å². The number of amides is 1. The van der Waals surface area contributed by atoms with Crippen molar-refractivity contribution < 1.29 is 4.79 Å². The topological polar surface area (TPSA) is 156 Å². The molecule has 1 atom stereocenters. The van der Waals surface area contributed by atoms with Crippen molar-refractivity contribution in [1.29, 1.82) is 0 Å². The monoisotopic (exact) mass is 406 g/mol. The number of nitrogens with two attached hydrogens (primary N) is 2. The first-order valence-electron chi connectivity index (χ1n) is 9.58. The Kier molecular flexibility index (Phi) is 5.40. The second-order valence-corrected chi connectivity index (χ2v) is 7.14. The molecule has 1 aliphatic heterocycles. The Bertz CT molecular complexity index is 1130. The molecule has 0 aromatic carbocycles. The lowest BCUT2D eigenvalue weighted by Crippen LogP contribution is -2.43. The maximum Gasteiger partial charge on any atom is 0.276 e. The maximum atomic E-state index is 13.0. The Balaban J connectivity index is 1.62. The normalized spacial score (nSPS) is 16.3. The number of nitrogen functional groups attached to an aromatic ring is 1. The number of nitrogens with zero attached hydrogens (tertiary/aromatic N) is 4. The lowest BCUT2D eigenvalue weighted by Gasteiger charge is -2.33. The van der Waals surface area contributed by atoms with Crippen LogP contribution in [0.2, 0.25) is 0 Å². The minimum Gasteiger partial charge on any atom is -0.397 e. The van der Waals surface area contributed by atoms with Crippen LogP contribution >= 0.6 is 0 Å². The Hall–Kier alpha value is -3.79. The Morgan fingerprint density at radius 1 is 1.20 bits per heavy atom. The summed E-state index contributed by atoms with van der Waals surface area (Å²) >= 11 is 0. The largest absolute Gasteiger partial charge is 0.397 e. The third kappa shape index (κ3) is 4.13. The summed E-state index contributed by atoms with van der Waals surface area (Å²) in [7, 11) is 0. The molecule has 0 spiro atoms. The average Bonchev–Trinajstić information content (AvgIpc) is 2.74. The highest BCUT2D eigenvalue weighted by atomic mass is 16.2. The van der Waals surface area contributed by atoms with Crippen molar-refractivity contribution in [2.24, 2.45) is 5.73 Å². The molecule has 4 heterocycles. The first-order chi connectivity index (χ1) is 14.5. The van der Waals surface area contributed by atoms with Gasteiger partial charge >= 0.3 is 0 Å². The van der Waals surface area contributed by atoms with Gasteiger partial charge in [0, 0.05) is 25.3 Å². The molecule has 3 aromatic heterocycles. The molecule has 1 fully saturated rings.